The molecule has 0 saturated heterocycles. The van der Waals surface area contributed by atoms with Crippen molar-refractivity contribution in [2.45, 2.75) is 24.6 Å². The van der Waals surface area contributed by atoms with Gasteiger partial charge in [0.2, 0.25) is 0 Å². The average molecular weight is 255 g/mol. The summed E-state index contributed by atoms with van der Waals surface area (Å²) < 4.78 is 39.7. The molecule has 1 atom stereocenters. The van der Waals surface area contributed by atoms with Crippen molar-refractivity contribution >= 4 is 10.9 Å². The van der Waals surface area contributed by atoms with Gasteiger partial charge in [0.1, 0.15) is 0 Å². The first-order valence-electron chi connectivity index (χ1n) is 5.80. The van der Waals surface area contributed by atoms with E-state index in [1.54, 1.807) is 24.3 Å². The van der Waals surface area contributed by atoms with E-state index in [1.807, 2.05) is 0 Å². The first-order chi connectivity index (χ1) is 8.44. The van der Waals surface area contributed by atoms with Crippen molar-refractivity contribution in [2.75, 3.05) is 0 Å². The molecule has 0 spiro atoms. The van der Waals surface area contributed by atoms with Gasteiger partial charge in [0.25, 0.3) is 0 Å². The van der Waals surface area contributed by atoms with Gasteiger partial charge in [-0.1, -0.05) is 18.2 Å². The Balaban J connectivity index is 2.22. The van der Waals surface area contributed by atoms with Crippen LogP contribution in [0.3, 0.4) is 0 Å². The number of rotatable bonds is 2. The van der Waals surface area contributed by atoms with Gasteiger partial charge < -0.3 is 10.1 Å². The molecule has 1 heterocycles. The van der Waals surface area contributed by atoms with Crippen molar-refractivity contribution in [3.63, 3.8) is 0 Å². The third-order valence-corrected chi connectivity index (χ3v) is 3.60. The van der Waals surface area contributed by atoms with Crippen LogP contribution in [0.25, 0.3) is 10.9 Å². The molecule has 0 amide bonds. The molecule has 1 aromatic carbocycles. The van der Waals surface area contributed by atoms with Crippen LogP contribution in [0.15, 0.2) is 30.5 Å². The zero-order valence-corrected chi connectivity index (χ0v) is 9.46. The van der Waals surface area contributed by atoms with Crippen LogP contribution in [0, 0.1) is 5.92 Å². The molecular formula is C13H12F3NO. The number of fused-ring (bicyclic) bond motifs is 1. The minimum atomic E-state index is -4.65. The maximum absolute atomic E-state index is 13.2. The molecule has 18 heavy (non-hydrogen) atoms. The largest absolute Gasteiger partial charge is 0.421 e. The quantitative estimate of drug-likeness (QED) is 0.848. The van der Waals surface area contributed by atoms with E-state index >= 15 is 0 Å². The van der Waals surface area contributed by atoms with E-state index in [2.05, 4.69) is 4.98 Å². The molecule has 2 aromatic rings. The van der Waals surface area contributed by atoms with Crippen LogP contribution in [-0.4, -0.2) is 16.3 Å². The smallest absolute Gasteiger partial charge is 0.376 e. The molecular weight excluding hydrogens is 243 g/mol. The lowest BCUT2D eigenvalue weighted by Crippen LogP contribution is -2.44. The molecule has 1 unspecified atom stereocenters. The number of aromatic nitrogens is 1. The monoisotopic (exact) mass is 255 g/mol. The van der Waals surface area contributed by atoms with Gasteiger partial charge in [-0.2, -0.15) is 13.2 Å². The summed E-state index contributed by atoms with van der Waals surface area (Å²) in [6.45, 7) is 0. The number of H-pyrrole nitrogens is 1. The predicted octanol–water partition coefficient (Wildman–Crippen LogP) is 3.33. The highest BCUT2D eigenvalue weighted by atomic mass is 19.4. The van der Waals surface area contributed by atoms with Crippen LogP contribution in [0.4, 0.5) is 13.2 Å². The first kappa shape index (κ1) is 11.6. The van der Waals surface area contributed by atoms with E-state index < -0.39 is 17.7 Å². The molecule has 1 fully saturated rings. The standard InChI is InChI=1S/C13H12F3NO/c14-13(15,16)12(18,8-5-6-8)10-7-17-11-4-2-1-3-9(10)11/h1-4,7-8,17-18H,5-6H2. The van der Waals surface area contributed by atoms with Crippen molar-refractivity contribution in [1.82, 2.24) is 4.98 Å². The molecule has 1 aromatic heterocycles. The van der Waals surface area contributed by atoms with Gasteiger partial charge in [-0.05, 0) is 18.9 Å². The molecule has 2 nitrogen and oxygen atoms in total. The lowest BCUT2D eigenvalue weighted by Gasteiger charge is -2.30. The molecule has 1 saturated carbocycles. The van der Waals surface area contributed by atoms with Gasteiger partial charge in [0.05, 0.1) is 0 Å². The molecule has 0 aliphatic heterocycles. The SMILES string of the molecule is OC(c1c[nH]c2ccccc12)(C1CC1)C(F)(F)F. The highest BCUT2D eigenvalue weighted by molar-refractivity contribution is 5.84. The summed E-state index contributed by atoms with van der Waals surface area (Å²) in [4.78, 5) is 2.79. The molecule has 5 heteroatoms. The van der Waals surface area contributed by atoms with Crippen molar-refractivity contribution in [3.8, 4) is 0 Å². The fourth-order valence-electron chi connectivity index (χ4n) is 2.49. The predicted molar refractivity (Wildman–Crippen MR) is 61.0 cm³/mol. The molecule has 0 radical (unpaired) electrons. The first-order valence-corrected chi connectivity index (χ1v) is 5.80. The van der Waals surface area contributed by atoms with Crippen molar-refractivity contribution in [2.24, 2.45) is 5.92 Å². The zero-order chi connectivity index (χ0) is 13.0. The summed E-state index contributed by atoms with van der Waals surface area (Å²) in [6, 6.07) is 6.71. The number of para-hydroxylation sites is 1. The zero-order valence-electron chi connectivity index (χ0n) is 9.46. The molecule has 3 rings (SSSR count). The Morgan fingerprint density at radius 3 is 2.44 bits per heavy atom. The number of halogens is 3. The summed E-state index contributed by atoms with van der Waals surface area (Å²) in [7, 11) is 0. The van der Waals surface area contributed by atoms with Gasteiger partial charge in [0.15, 0.2) is 5.60 Å². The molecule has 1 aliphatic carbocycles. The fraction of sp³-hybridized carbons (Fsp3) is 0.385. The minimum absolute atomic E-state index is 0.0619. The maximum atomic E-state index is 13.2. The van der Waals surface area contributed by atoms with Crippen LogP contribution < -0.4 is 0 Å². The molecule has 2 N–H and O–H groups in total. The lowest BCUT2D eigenvalue weighted by molar-refractivity contribution is -0.274. The van der Waals surface area contributed by atoms with Gasteiger partial charge in [-0.3, -0.25) is 0 Å². The molecule has 96 valence electrons. The van der Waals surface area contributed by atoms with Gasteiger partial charge in [-0.15, -0.1) is 0 Å². The lowest BCUT2D eigenvalue weighted by atomic mass is 9.88. The summed E-state index contributed by atoms with van der Waals surface area (Å²) in [5.41, 5.74) is -2.18. The molecule has 1 aliphatic rings. The topological polar surface area (TPSA) is 36.0 Å². The second-order valence-corrected chi connectivity index (χ2v) is 4.79. The van der Waals surface area contributed by atoms with E-state index in [0.29, 0.717) is 23.7 Å². The second kappa shape index (κ2) is 3.51. The summed E-state index contributed by atoms with van der Waals surface area (Å²) in [5.74, 6) is -0.725. The van der Waals surface area contributed by atoms with Crippen molar-refractivity contribution in [3.05, 3.63) is 36.0 Å². The Bertz CT molecular complexity index is 585. The average Bonchev–Trinajstić information content (AvgIpc) is 3.07. The normalized spacial score (nSPS) is 20.0. The van der Waals surface area contributed by atoms with Crippen LogP contribution in [-0.2, 0) is 5.60 Å². The summed E-state index contributed by atoms with van der Waals surface area (Å²) in [6.07, 6.45) is -2.55. The van der Waals surface area contributed by atoms with E-state index in [9.17, 15) is 18.3 Å². The Kier molecular flexibility index (Phi) is 2.26. The maximum Gasteiger partial charge on any atom is 0.421 e. The number of nitrogens with one attached hydrogen (secondary N) is 1. The summed E-state index contributed by atoms with van der Waals surface area (Å²) in [5, 5.41) is 10.6. The second-order valence-electron chi connectivity index (χ2n) is 4.79. The Labute approximate surface area is 101 Å². The third kappa shape index (κ3) is 1.47. The highest BCUT2D eigenvalue weighted by Gasteiger charge is 2.63. The number of hydrogen-bond donors (Lipinski definition) is 2. The summed E-state index contributed by atoms with van der Waals surface area (Å²) >= 11 is 0. The number of aromatic amines is 1. The number of aliphatic hydroxyl groups is 1. The molecule has 0 bridgehead atoms. The van der Waals surface area contributed by atoms with E-state index in [4.69, 9.17) is 0 Å². The highest BCUT2D eigenvalue weighted by Crippen LogP contribution is 2.55. The van der Waals surface area contributed by atoms with Crippen LogP contribution in [0.2, 0.25) is 0 Å². The van der Waals surface area contributed by atoms with Gasteiger partial charge >= 0.3 is 6.18 Å². The number of benzene rings is 1. The number of alkyl halides is 3. The van der Waals surface area contributed by atoms with Gasteiger partial charge in [-0.25, -0.2) is 0 Å². The van der Waals surface area contributed by atoms with Crippen LogP contribution >= 0.6 is 0 Å². The minimum Gasteiger partial charge on any atom is -0.376 e. The van der Waals surface area contributed by atoms with E-state index in [0.717, 1.165) is 0 Å². The van der Waals surface area contributed by atoms with Crippen LogP contribution in [0.1, 0.15) is 18.4 Å². The van der Waals surface area contributed by atoms with Crippen molar-refractivity contribution in [1.29, 1.82) is 0 Å². The van der Waals surface area contributed by atoms with Crippen LogP contribution in [0.5, 0.6) is 0 Å². The Morgan fingerprint density at radius 2 is 1.83 bits per heavy atom. The third-order valence-electron chi connectivity index (χ3n) is 3.60. The fourth-order valence-corrected chi connectivity index (χ4v) is 2.49. The Morgan fingerprint density at radius 1 is 1.17 bits per heavy atom. The van der Waals surface area contributed by atoms with Gasteiger partial charge in [0, 0.05) is 28.6 Å². The Hall–Kier alpha value is -1.49. The van der Waals surface area contributed by atoms with Crippen molar-refractivity contribution < 1.29 is 18.3 Å². The van der Waals surface area contributed by atoms with E-state index in [-0.39, 0.29) is 5.56 Å². The number of hydrogen-bond acceptors (Lipinski definition) is 1. The van der Waals surface area contributed by atoms with E-state index in [1.165, 1.54) is 6.20 Å².